The summed E-state index contributed by atoms with van der Waals surface area (Å²) in [6, 6.07) is 4.02. The van der Waals surface area contributed by atoms with Gasteiger partial charge in [0.25, 0.3) is 5.91 Å². The first-order chi connectivity index (χ1) is 9.69. The summed E-state index contributed by atoms with van der Waals surface area (Å²) in [5.41, 5.74) is 0.315. The van der Waals surface area contributed by atoms with E-state index in [1.165, 1.54) is 31.3 Å². The molecule has 0 fully saturated rings. The molecular weight excluding hydrogens is 296 g/mol. The number of hydrogen-bond donors (Lipinski definition) is 3. The summed E-state index contributed by atoms with van der Waals surface area (Å²) in [5.74, 6) is -1.98. The number of carbonyl (C=O) groups is 2. The Bertz CT molecular complexity index is 622. The average Bonchev–Trinajstić information content (AvgIpc) is 2.43. The van der Waals surface area contributed by atoms with Gasteiger partial charge in [0.2, 0.25) is 10.0 Å². The van der Waals surface area contributed by atoms with Crippen molar-refractivity contribution in [2.75, 3.05) is 7.05 Å². The molecule has 0 aliphatic rings. The zero-order valence-corrected chi connectivity index (χ0v) is 12.8. The molecule has 21 heavy (non-hydrogen) atoms. The van der Waals surface area contributed by atoms with Gasteiger partial charge in [0.05, 0.1) is 4.90 Å². The molecule has 1 aromatic carbocycles. The predicted molar refractivity (Wildman–Crippen MR) is 76.4 cm³/mol. The molecule has 0 saturated heterocycles. The third-order valence-corrected chi connectivity index (χ3v) is 4.33. The summed E-state index contributed by atoms with van der Waals surface area (Å²) in [4.78, 5) is 22.3. The zero-order chi connectivity index (χ0) is 16.2. The van der Waals surface area contributed by atoms with Crippen molar-refractivity contribution in [1.82, 2.24) is 10.0 Å². The molecule has 3 N–H and O–H groups in total. The Morgan fingerprint density at radius 3 is 2.05 bits per heavy atom. The van der Waals surface area contributed by atoms with E-state index >= 15 is 0 Å². The topological polar surface area (TPSA) is 113 Å². The molecule has 0 heterocycles. The van der Waals surface area contributed by atoms with Crippen LogP contribution in [0.3, 0.4) is 0 Å². The Labute approximate surface area is 123 Å². The minimum atomic E-state index is -3.96. The maximum absolute atomic E-state index is 12.1. The highest BCUT2D eigenvalue weighted by molar-refractivity contribution is 7.89. The van der Waals surface area contributed by atoms with Crippen molar-refractivity contribution in [3.63, 3.8) is 0 Å². The van der Waals surface area contributed by atoms with Crippen molar-refractivity contribution in [3.05, 3.63) is 29.8 Å². The highest BCUT2D eigenvalue weighted by Gasteiger charge is 2.27. The number of amides is 1. The molecule has 116 valence electrons. The predicted octanol–water partition coefficient (Wildman–Crippen LogP) is 0.434. The van der Waals surface area contributed by atoms with Crippen LogP contribution < -0.4 is 10.0 Å². The first kappa shape index (κ1) is 17.1. The van der Waals surface area contributed by atoms with Crippen LogP contribution in [0.25, 0.3) is 0 Å². The van der Waals surface area contributed by atoms with Crippen LogP contribution in [0.2, 0.25) is 0 Å². The van der Waals surface area contributed by atoms with E-state index in [0.717, 1.165) is 0 Å². The Morgan fingerprint density at radius 2 is 1.67 bits per heavy atom. The molecule has 1 rings (SSSR count). The summed E-state index contributed by atoms with van der Waals surface area (Å²) >= 11 is 0. The van der Waals surface area contributed by atoms with Crippen molar-refractivity contribution < 1.29 is 23.1 Å². The molecule has 1 aromatic rings. The Morgan fingerprint density at radius 1 is 1.14 bits per heavy atom. The van der Waals surface area contributed by atoms with Crippen LogP contribution in [-0.4, -0.2) is 38.5 Å². The Balaban J connectivity index is 3.03. The quantitative estimate of drug-likeness (QED) is 0.705. The van der Waals surface area contributed by atoms with E-state index in [9.17, 15) is 18.0 Å². The monoisotopic (exact) mass is 314 g/mol. The number of sulfonamides is 1. The van der Waals surface area contributed by atoms with Crippen molar-refractivity contribution >= 4 is 21.9 Å². The van der Waals surface area contributed by atoms with E-state index in [0.29, 0.717) is 5.56 Å². The Hall–Kier alpha value is -1.93. The molecular formula is C13H18N2O5S. The second-order valence-corrected chi connectivity index (χ2v) is 6.50. The fourth-order valence-electron chi connectivity index (χ4n) is 1.64. The van der Waals surface area contributed by atoms with Gasteiger partial charge in [0.15, 0.2) is 0 Å². The van der Waals surface area contributed by atoms with Gasteiger partial charge in [0.1, 0.15) is 6.04 Å². The van der Waals surface area contributed by atoms with E-state index in [1.807, 2.05) is 0 Å². The van der Waals surface area contributed by atoms with Gasteiger partial charge in [-0.2, -0.15) is 4.72 Å². The van der Waals surface area contributed by atoms with Crippen LogP contribution in [0.15, 0.2) is 29.2 Å². The van der Waals surface area contributed by atoms with Crippen LogP contribution in [0, 0.1) is 5.92 Å². The minimum absolute atomic E-state index is 0.0953. The summed E-state index contributed by atoms with van der Waals surface area (Å²) in [7, 11) is -2.49. The second kappa shape index (κ2) is 6.68. The van der Waals surface area contributed by atoms with Crippen LogP contribution in [0.4, 0.5) is 0 Å². The summed E-state index contributed by atoms with van der Waals surface area (Å²) in [6.45, 7) is 3.21. The molecule has 0 aromatic heterocycles. The number of nitrogens with one attached hydrogen (secondary N) is 2. The van der Waals surface area contributed by atoms with Gasteiger partial charge in [-0.15, -0.1) is 0 Å². The highest BCUT2D eigenvalue weighted by Crippen LogP contribution is 2.13. The standard InChI is InChI=1S/C13H18N2O5S/c1-8(2)11(13(17)18)15-21(19,20)10-6-4-9(5-7-10)12(16)14-3/h4-8,11,15H,1-3H3,(H,14,16)(H,17,18). The second-order valence-electron chi connectivity index (χ2n) is 4.78. The van der Waals surface area contributed by atoms with Gasteiger partial charge in [-0.05, 0) is 30.2 Å². The van der Waals surface area contributed by atoms with Gasteiger partial charge < -0.3 is 10.4 Å². The Kier molecular flexibility index (Phi) is 5.45. The number of carbonyl (C=O) groups excluding carboxylic acids is 1. The maximum atomic E-state index is 12.1. The number of aliphatic carboxylic acids is 1. The van der Waals surface area contributed by atoms with E-state index in [2.05, 4.69) is 10.0 Å². The first-order valence-corrected chi connectivity index (χ1v) is 7.74. The summed E-state index contributed by atoms with van der Waals surface area (Å²) in [5, 5.41) is 11.4. The molecule has 8 heteroatoms. The van der Waals surface area contributed by atoms with Gasteiger partial charge in [-0.1, -0.05) is 13.8 Å². The SMILES string of the molecule is CNC(=O)c1ccc(S(=O)(=O)NC(C(=O)O)C(C)C)cc1. The number of carboxylic acid groups (broad SMARTS) is 1. The van der Waals surface area contributed by atoms with Crippen molar-refractivity contribution in [2.24, 2.45) is 5.92 Å². The molecule has 0 radical (unpaired) electrons. The van der Waals surface area contributed by atoms with Gasteiger partial charge in [-0.3, -0.25) is 9.59 Å². The lowest BCUT2D eigenvalue weighted by Crippen LogP contribution is -2.44. The smallest absolute Gasteiger partial charge is 0.322 e. The van der Waals surface area contributed by atoms with Crippen LogP contribution in [-0.2, 0) is 14.8 Å². The number of benzene rings is 1. The summed E-state index contributed by atoms with van der Waals surface area (Å²) < 4.78 is 26.4. The third-order valence-electron chi connectivity index (χ3n) is 2.87. The number of rotatable bonds is 6. The molecule has 1 atom stereocenters. The van der Waals surface area contributed by atoms with Gasteiger partial charge >= 0.3 is 5.97 Å². The lowest BCUT2D eigenvalue weighted by Gasteiger charge is -2.18. The molecule has 1 amide bonds. The molecule has 0 bridgehead atoms. The highest BCUT2D eigenvalue weighted by atomic mass is 32.2. The molecule has 7 nitrogen and oxygen atoms in total. The minimum Gasteiger partial charge on any atom is -0.480 e. The van der Waals surface area contributed by atoms with Gasteiger partial charge in [-0.25, -0.2) is 8.42 Å². The van der Waals surface area contributed by atoms with Crippen molar-refractivity contribution in [2.45, 2.75) is 24.8 Å². The third kappa shape index (κ3) is 4.27. The molecule has 0 aliphatic heterocycles. The van der Waals surface area contributed by atoms with E-state index in [4.69, 9.17) is 5.11 Å². The van der Waals surface area contributed by atoms with Gasteiger partial charge in [0, 0.05) is 12.6 Å². The van der Waals surface area contributed by atoms with E-state index < -0.39 is 28.0 Å². The van der Waals surface area contributed by atoms with Crippen LogP contribution in [0.5, 0.6) is 0 Å². The molecule has 0 saturated carbocycles. The van der Waals surface area contributed by atoms with Crippen molar-refractivity contribution in [3.8, 4) is 0 Å². The summed E-state index contributed by atoms with van der Waals surface area (Å²) in [6.07, 6.45) is 0. The number of hydrogen-bond acceptors (Lipinski definition) is 4. The number of carboxylic acids is 1. The fraction of sp³-hybridized carbons (Fsp3) is 0.385. The fourth-order valence-corrected chi connectivity index (χ4v) is 2.97. The largest absolute Gasteiger partial charge is 0.480 e. The maximum Gasteiger partial charge on any atom is 0.322 e. The normalized spacial score (nSPS) is 13.0. The lowest BCUT2D eigenvalue weighted by atomic mass is 10.1. The van der Waals surface area contributed by atoms with Crippen LogP contribution in [0.1, 0.15) is 24.2 Å². The van der Waals surface area contributed by atoms with E-state index in [-0.39, 0.29) is 10.8 Å². The lowest BCUT2D eigenvalue weighted by molar-refractivity contribution is -0.140. The molecule has 0 spiro atoms. The van der Waals surface area contributed by atoms with E-state index in [1.54, 1.807) is 13.8 Å². The zero-order valence-electron chi connectivity index (χ0n) is 12.0. The van der Waals surface area contributed by atoms with Crippen LogP contribution >= 0.6 is 0 Å². The van der Waals surface area contributed by atoms with Crippen molar-refractivity contribution in [1.29, 1.82) is 0 Å². The molecule has 1 unspecified atom stereocenters. The first-order valence-electron chi connectivity index (χ1n) is 6.26. The molecule has 0 aliphatic carbocycles. The average molecular weight is 314 g/mol.